The van der Waals surface area contributed by atoms with Crippen molar-refractivity contribution < 1.29 is 0 Å². The van der Waals surface area contributed by atoms with E-state index < -0.39 is 0 Å². The van der Waals surface area contributed by atoms with Crippen LogP contribution in [0, 0.1) is 42.4 Å². The third-order valence-electron chi connectivity index (χ3n) is 13.9. The van der Waals surface area contributed by atoms with Crippen molar-refractivity contribution in [1.82, 2.24) is 9.13 Å². The SMILES string of the molecule is Cc1c(C#N)c(-n2c3c(c4ccccc42)C=C2c4ccccc4C(C)(C)C2C3)c(C)c(-n2c3ccccc3c3cc4c(cc32)C(C)(C)c2ccccc2-4)c1C#N. The predicted molar refractivity (Wildman–Crippen MR) is 229 cm³/mol. The first kappa shape index (κ1) is 32.8. The molecule has 0 radical (unpaired) electrons. The number of allylic oxidation sites excluding steroid dienone is 1. The molecule has 3 aliphatic rings. The molecule has 6 aromatic carbocycles. The Morgan fingerprint density at radius 1 is 0.571 bits per heavy atom. The summed E-state index contributed by atoms with van der Waals surface area (Å²) < 4.78 is 4.70. The zero-order chi connectivity index (χ0) is 38.4. The van der Waals surface area contributed by atoms with Crippen LogP contribution in [0.1, 0.15) is 83.5 Å². The summed E-state index contributed by atoms with van der Waals surface area (Å²) >= 11 is 0. The topological polar surface area (TPSA) is 57.4 Å². The summed E-state index contributed by atoms with van der Waals surface area (Å²) in [4.78, 5) is 0. The fraction of sp³-hybridized carbons (Fsp3) is 0.192. The number of fused-ring (bicyclic) bond motifs is 12. The van der Waals surface area contributed by atoms with Gasteiger partial charge in [-0.05, 0) is 112 Å². The van der Waals surface area contributed by atoms with Crippen molar-refractivity contribution in [3.8, 4) is 34.6 Å². The average Bonchev–Trinajstić information content (AvgIpc) is 3.85. The highest BCUT2D eigenvalue weighted by atomic mass is 15.0. The zero-order valence-corrected chi connectivity index (χ0v) is 32.5. The van der Waals surface area contributed by atoms with Crippen LogP contribution < -0.4 is 0 Å². The van der Waals surface area contributed by atoms with E-state index in [0.29, 0.717) is 16.7 Å². The predicted octanol–water partition coefficient (Wildman–Crippen LogP) is 12.4. The van der Waals surface area contributed by atoms with Gasteiger partial charge in [-0.25, -0.2) is 0 Å². The average molecular weight is 721 g/mol. The Kier molecular flexibility index (Phi) is 6.44. The van der Waals surface area contributed by atoms with Crippen LogP contribution in [0.2, 0.25) is 0 Å². The molecule has 0 aliphatic heterocycles. The molecule has 0 bridgehead atoms. The van der Waals surface area contributed by atoms with E-state index >= 15 is 0 Å². The number of hydrogen-bond donors (Lipinski definition) is 0. The Bertz CT molecular complexity index is 3220. The second kappa shape index (κ2) is 11.0. The van der Waals surface area contributed by atoms with Crippen LogP contribution >= 0.6 is 0 Å². The molecule has 1 atom stereocenters. The minimum Gasteiger partial charge on any atom is -0.311 e. The van der Waals surface area contributed by atoms with E-state index in [1.807, 2.05) is 6.92 Å². The minimum atomic E-state index is -0.191. The Morgan fingerprint density at radius 2 is 1.16 bits per heavy atom. The summed E-state index contributed by atoms with van der Waals surface area (Å²) in [6.45, 7) is 13.5. The van der Waals surface area contributed by atoms with E-state index in [4.69, 9.17) is 0 Å². The van der Waals surface area contributed by atoms with E-state index in [2.05, 4.69) is 171 Å². The van der Waals surface area contributed by atoms with E-state index in [9.17, 15) is 10.5 Å². The van der Waals surface area contributed by atoms with Gasteiger partial charge in [0.1, 0.15) is 12.1 Å². The summed E-state index contributed by atoms with van der Waals surface area (Å²) in [7, 11) is 0. The standard InChI is InChI=1S/C52H40N4/c1-29-39(27-53)49(55-45-21-13-9-17-33(45)37-23-35-31-15-7-11-19-41(31)51(3,4)43(35)25-47(37)55)30(2)50(40(29)28-54)56-46-22-14-10-18-34(46)38-24-36-32-16-8-12-20-42(32)52(5,6)44(36)26-48(38)56/h7-25,44H,26H2,1-6H3. The van der Waals surface area contributed by atoms with E-state index in [1.165, 1.54) is 55.6 Å². The van der Waals surface area contributed by atoms with Gasteiger partial charge in [-0.3, -0.25) is 0 Å². The van der Waals surface area contributed by atoms with Crippen LogP contribution in [0.5, 0.6) is 0 Å². The number of benzene rings is 6. The fourth-order valence-corrected chi connectivity index (χ4v) is 11.1. The summed E-state index contributed by atoms with van der Waals surface area (Å²) in [5.41, 5.74) is 19.1. The van der Waals surface area contributed by atoms with Gasteiger partial charge in [0, 0.05) is 32.8 Å². The lowest BCUT2D eigenvalue weighted by molar-refractivity contribution is 0.405. The van der Waals surface area contributed by atoms with Crippen molar-refractivity contribution in [1.29, 1.82) is 10.5 Å². The molecule has 3 aliphatic carbocycles. The summed E-state index contributed by atoms with van der Waals surface area (Å²) in [5, 5.41) is 25.7. The number of para-hydroxylation sites is 2. The molecular formula is C52H40N4. The number of rotatable bonds is 2. The maximum Gasteiger partial charge on any atom is 0.102 e. The Morgan fingerprint density at radius 3 is 1.88 bits per heavy atom. The molecule has 0 saturated heterocycles. The summed E-state index contributed by atoms with van der Waals surface area (Å²) in [6, 6.07) is 44.8. The highest BCUT2D eigenvalue weighted by Crippen LogP contribution is 2.56. The number of nitrogens with zero attached hydrogens (tertiary/aromatic N) is 4. The van der Waals surface area contributed by atoms with E-state index in [1.54, 1.807) is 0 Å². The first-order chi connectivity index (χ1) is 27.1. The smallest absolute Gasteiger partial charge is 0.102 e. The monoisotopic (exact) mass is 720 g/mol. The third-order valence-corrected chi connectivity index (χ3v) is 13.9. The van der Waals surface area contributed by atoms with Crippen molar-refractivity contribution in [3.05, 3.63) is 165 Å². The van der Waals surface area contributed by atoms with Crippen molar-refractivity contribution >= 4 is 44.4 Å². The summed E-state index contributed by atoms with van der Waals surface area (Å²) in [6.07, 6.45) is 3.27. The first-order valence-electron chi connectivity index (χ1n) is 19.7. The lowest BCUT2D eigenvalue weighted by atomic mass is 9.73. The second-order valence-corrected chi connectivity index (χ2v) is 17.2. The van der Waals surface area contributed by atoms with E-state index in [-0.39, 0.29) is 16.7 Å². The maximum absolute atomic E-state index is 11.1. The van der Waals surface area contributed by atoms with Crippen molar-refractivity contribution in [2.45, 2.75) is 58.8 Å². The van der Waals surface area contributed by atoms with Crippen LogP contribution in [-0.4, -0.2) is 9.13 Å². The van der Waals surface area contributed by atoms with Crippen molar-refractivity contribution in [2.75, 3.05) is 0 Å². The molecule has 2 aromatic heterocycles. The molecule has 4 heteroatoms. The van der Waals surface area contributed by atoms with Crippen LogP contribution in [0.25, 0.3) is 66.9 Å². The number of nitriles is 2. The molecule has 268 valence electrons. The van der Waals surface area contributed by atoms with Gasteiger partial charge in [0.05, 0.1) is 39.1 Å². The van der Waals surface area contributed by atoms with Crippen molar-refractivity contribution in [3.63, 3.8) is 0 Å². The molecule has 0 fully saturated rings. The Labute approximate surface area is 327 Å². The number of hydrogen-bond acceptors (Lipinski definition) is 2. The van der Waals surface area contributed by atoms with Gasteiger partial charge >= 0.3 is 0 Å². The molecule has 1 unspecified atom stereocenters. The Balaban J connectivity index is 1.25. The van der Waals surface area contributed by atoms with Gasteiger partial charge in [-0.15, -0.1) is 0 Å². The Hall–Kier alpha value is -6.62. The summed E-state index contributed by atoms with van der Waals surface area (Å²) in [5.74, 6) is 0.284. The zero-order valence-electron chi connectivity index (χ0n) is 32.5. The van der Waals surface area contributed by atoms with Crippen LogP contribution in [0.15, 0.2) is 109 Å². The molecule has 0 amide bonds. The molecule has 8 aromatic rings. The fourth-order valence-electron chi connectivity index (χ4n) is 11.1. The van der Waals surface area contributed by atoms with Gasteiger partial charge in [-0.2, -0.15) is 10.5 Å². The highest BCUT2D eigenvalue weighted by molar-refractivity contribution is 6.12. The molecule has 56 heavy (non-hydrogen) atoms. The van der Waals surface area contributed by atoms with E-state index in [0.717, 1.165) is 50.7 Å². The van der Waals surface area contributed by atoms with Gasteiger partial charge in [0.15, 0.2) is 0 Å². The molecule has 0 saturated carbocycles. The third kappa shape index (κ3) is 3.91. The maximum atomic E-state index is 11.1. The van der Waals surface area contributed by atoms with Gasteiger partial charge < -0.3 is 9.13 Å². The second-order valence-electron chi connectivity index (χ2n) is 17.2. The van der Waals surface area contributed by atoms with Crippen LogP contribution in [0.4, 0.5) is 0 Å². The van der Waals surface area contributed by atoms with Crippen LogP contribution in [-0.2, 0) is 17.3 Å². The quantitative estimate of drug-likeness (QED) is 0.178. The molecule has 0 spiro atoms. The largest absolute Gasteiger partial charge is 0.311 e. The molecule has 11 rings (SSSR count). The van der Waals surface area contributed by atoms with Gasteiger partial charge in [0.2, 0.25) is 0 Å². The normalized spacial score (nSPS) is 16.9. The number of aromatic nitrogens is 2. The molecule has 0 N–H and O–H groups in total. The minimum absolute atomic E-state index is 0.0586. The lowest BCUT2D eigenvalue weighted by Gasteiger charge is -2.32. The van der Waals surface area contributed by atoms with Gasteiger partial charge in [-0.1, -0.05) is 113 Å². The highest BCUT2D eigenvalue weighted by Gasteiger charge is 2.45. The van der Waals surface area contributed by atoms with Gasteiger partial charge in [0.25, 0.3) is 0 Å². The van der Waals surface area contributed by atoms with Crippen molar-refractivity contribution in [2.24, 2.45) is 5.92 Å². The molecule has 4 nitrogen and oxygen atoms in total. The molecule has 2 heterocycles. The lowest BCUT2D eigenvalue weighted by Crippen LogP contribution is -2.28. The first-order valence-corrected chi connectivity index (χ1v) is 19.7. The molecular weight excluding hydrogens is 681 g/mol. The van der Waals surface area contributed by atoms with Crippen LogP contribution in [0.3, 0.4) is 0 Å².